The minimum absolute atomic E-state index is 0.273. The van der Waals surface area contributed by atoms with Crippen LogP contribution in [-0.2, 0) is 19.1 Å². The van der Waals surface area contributed by atoms with E-state index in [0.717, 1.165) is 0 Å². The fourth-order valence-electron chi connectivity index (χ4n) is 2.72. The first-order valence-corrected chi connectivity index (χ1v) is 8.60. The van der Waals surface area contributed by atoms with E-state index in [2.05, 4.69) is 21.2 Å². The molecule has 0 radical (unpaired) electrons. The maximum absolute atomic E-state index is 12.2. The van der Waals surface area contributed by atoms with Crippen molar-refractivity contribution >= 4 is 27.9 Å². The molecule has 0 fully saturated rings. The summed E-state index contributed by atoms with van der Waals surface area (Å²) < 4.78 is 21.4. The molecule has 1 aliphatic heterocycles. The molecule has 1 aromatic rings. The van der Waals surface area contributed by atoms with E-state index in [0.29, 0.717) is 28.1 Å². The number of carbonyl (C=O) groups excluding carboxylic acids is 2. The van der Waals surface area contributed by atoms with Crippen LogP contribution in [0, 0.1) is 0 Å². The van der Waals surface area contributed by atoms with Crippen LogP contribution >= 0.6 is 15.9 Å². The van der Waals surface area contributed by atoms with Crippen molar-refractivity contribution in [3.8, 4) is 11.5 Å². The number of hydrogen-bond donors (Lipinski definition) is 1. The number of rotatable bonds is 6. The van der Waals surface area contributed by atoms with E-state index in [4.69, 9.17) is 18.9 Å². The summed E-state index contributed by atoms with van der Waals surface area (Å²) >= 11 is 3.45. The highest BCUT2D eigenvalue weighted by Crippen LogP contribution is 2.43. The largest absolute Gasteiger partial charge is 0.492 e. The Balaban J connectivity index is 2.63. The van der Waals surface area contributed by atoms with Crippen molar-refractivity contribution in [1.82, 2.24) is 5.32 Å². The van der Waals surface area contributed by atoms with Gasteiger partial charge in [0.25, 0.3) is 0 Å². The van der Waals surface area contributed by atoms with Crippen molar-refractivity contribution < 1.29 is 28.5 Å². The highest BCUT2D eigenvalue weighted by Gasteiger charge is 2.34. The second-order valence-electron chi connectivity index (χ2n) is 5.25. The third-order valence-electron chi connectivity index (χ3n) is 3.81. The number of benzene rings is 1. The third kappa shape index (κ3) is 3.85. The summed E-state index contributed by atoms with van der Waals surface area (Å²) in [7, 11) is 4.10. The Kier molecular flexibility index (Phi) is 6.68. The first-order valence-electron chi connectivity index (χ1n) is 7.81. The van der Waals surface area contributed by atoms with Crippen LogP contribution in [0.1, 0.15) is 18.4 Å². The van der Waals surface area contributed by atoms with E-state index >= 15 is 0 Å². The molecule has 2 rings (SSSR count). The predicted octanol–water partition coefficient (Wildman–Crippen LogP) is 2.66. The Labute approximate surface area is 160 Å². The van der Waals surface area contributed by atoms with Gasteiger partial charge in [0, 0.05) is 12.4 Å². The van der Waals surface area contributed by atoms with Crippen LogP contribution in [0.5, 0.6) is 11.5 Å². The minimum Gasteiger partial charge on any atom is -0.492 e. The molecule has 140 valence electrons. The molecule has 0 saturated heterocycles. The summed E-state index contributed by atoms with van der Waals surface area (Å²) in [4.78, 5) is 24.5. The molecule has 0 saturated carbocycles. The van der Waals surface area contributed by atoms with Crippen molar-refractivity contribution in [2.45, 2.75) is 12.8 Å². The van der Waals surface area contributed by atoms with E-state index < -0.39 is 17.9 Å². The van der Waals surface area contributed by atoms with Crippen LogP contribution in [0.3, 0.4) is 0 Å². The molecule has 0 bridgehead atoms. The average molecular weight is 426 g/mol. The van der Waals surface area contributed by atoms with E-state index in [9.17, 15) is 9.59 Å². The molecule has 7 nitrogen and oxygen atoms in total. The second-order valence-corrected chi connectivity index (χ2v) is 6.10. The number of hydrogen-bond acceptors (Lipinski definition) is 7. The quantitative estimate of drug-likeness (QED) is 0.701. The number of halogens is 1. The first kappa shape index (κ1) is 19.8. The van der Waals surface area contributed by atoms with Gasteiger partial charge in [-0.1, -0.05) is 0 Å². The lowest BCUT2D eigenvalue weighted by molar-refractivity contribution is -0.137. The smallest absolute Gasteiger partial charge is 0.336 e. The summed E-state index contributed by atoms with van der Waals surface area (Å²) in [6.07, 6.45) is 3.00. The fraction of sp³-hybridized carbons (Fsp3) is 0.333. The molecule has 8 heteroatoms. The highest BCUT2D eigenvalue weighted by molar-refractivity contribution is 9.10. The molecule has 0 aromatic heterocycles. The zero-order valence-electron chi connectivity index (χ0n) is 14.9. The summed E-state index contributed by atoms with van der Waals surface area (Å²) in [6.45, 7) is 2.28. The number of methoxy groups -OCH3 is 3. The third-order valence-corrected chi connectivity index (χ3v) is 4.40. The predicted molar refractivity (Wildman–Crippen MR) is 97.9 cm³/mol. The number of carbonyl (C=O) groups is 2. The Hall–Kier alpha value is -2.48. The standard InChI is InChI=1S/C18H20BrNO6/c1-5-26-14-7-10(6-13(19)16(14)23-2)15-11(17(21)24-3)8-20-9-12(15)18(22)25-4/h6-9,15,20H,5H2,1-4H3. The van der Waals surface area contributed by atoms with E-state index in [1.165, 1.54) is 33.7 Å². The molecule has 26 heavy (non-hydrogen) atoms. The van der Waals surface area contributed by atoms with Gasteiger partial charge >= 0.3 is 11.9 Å². The summed E-state index contributed by atoms with van der Waals surface area (Å²) in [5, 5.41) is 2.80. The normalized spacial score (nSPS) is 13.9. The Morgan fingerprint density at radius 3 is 2.12 bits per heavy atom. The molecular weight excluding hydrogens is 406 g/mol. The highest BCUT2D eigenvalue weighted by atomic mass is 79.9. The van der Waals surface area contributed by atoms with Crippen LogP contribution in [0.2, 0.25) is 0 Å². The van der Waals surface area contributed by atoms with Crippen molar-refractivity contribution in [1.29, 1.82) is 0 Å². The van der Waals surface area contributed by atoms with E-state index in [1.807, 2.05) is 6.92 Å². The molecule has 1 aliphatic rings. The summed E-state index contributed by atoms with van der Waals surface area (Å²) in [5.41, 5.74) is 1.20. The van der Waals surface area contributed by atoms with Gasteiger partial charge < -0.3 is 24.3 Å². The van der Waals surface area contributed by atoms with Crippen molar-refractivity contribution in [3.63, 3.8) is 0 Å². The molecule has 0 spiro atoms. The number of esters is 2. The molecule has 0 atom stereocenters. The molecule has 1 heterocycles. The Morgan fingerprint density at radius 1 is 1.08 bits per heavy atom. The lowest BCUT2D eigenvalue weighted by Gasteiger charge is -2.25. The van der Waals surface area contributed by atoms with Gasteiger partial charge in [0.1, 0.15) is 0 Å². The van der Waals surface area contributed by atoms with Gasteiger partial charge in [0.2, 0.25) is 0 Å². The molecule has 1 N–H and O–H groups in total. The monoisotopic (exact) mass is 425 g/mol. The first-order chi connectivity index (χ1) is 12.5. The van der Waals surface area contributed by atoms with E-state index in [-0.39, 0.29) is 11.1 Å². The summed E-state index contributed by atoms with van der Waals surface area (Å²) in [6, 6.07) is 3.50. The maximum Gasteiger partial charge on any atom is 0.336 e. The van der Waals surface area contributed by atoms with Gasteiger partial charge in [-0.25, -0.2) is 9.59 Å². The van der Waals surface area contributed by atoms with Crippen LogP contribution in [0.25, 0.3) is 0 Å². The van der Waals surface area contributed by atoms with Crippen molar-refractivity contribution in [3.05, 3.63) is 45.7 Å². The van der Waals surface area contributed by atoms with Crippen LogP contribution in [-0.4, -0.2) is 39.9 Å². The lowest BCUT2D eigenvalue weighted by Crippen LogP contribution is -2.26. The fourth-order valence-corrected chi connectivity index (χ4v) is 3.34. The molecule has 0 amide bonds. The molecule has 0 aliphatic carbocycles. The van der Waals surface area contributed by atoms with Gasteiger partial charge in [-0.2, -0.15) is 0 Å². The van der Waals surface area contributed by atoms with Gasteiger partial charge in [-0.05, 0) is 40.5 Å². The van der Waals surface area contributed by atoms with Gasteiger partial charge in [-0.3, -0.25) is 0 Å². The zero-order valence-corrected chi connectivity index (χ0v) is 16.5. The van der Waals surface area contributed by atoms with Crippen LogP contribution in [0.15, 0.2) is 40.2 Å². The number of nitrogens with one attached hydrogen (secondary N) is 1. The topological polar surface area (TPSA) is 83.1 Å². The maximum atomic E-state index is 12.2. The number of ether oxygens (including phenoxy) is 4. The molecule has 0 unspecified atom stereocenters. The number of dihydropyridines is 1. The second kappa shape index (κ2) is 8.75. The molecule has 1 aromatic carbocycles. The lowest BCUT2D eigenvalue weighted by atomic mass is 9.83. The van der Waals surface area contributed by atoms with Crippen molar-refractivity contribution in [2.75, 3.05) is 27.9 Å². The van der Waals surface area contributed by atoms with Crippen LogP contribution in [0.4, 0.5) is 0 Å². The van der Waals surface area contributed by atoms with E-state index in [1.54, 1.807) is 12.1 Å². The van der Waals surface area contributed by atoms with Gasteiger partial charge in [0.05, 0.1) is 49.5 Å². The average Bonchev–Trinajstić information content (AvgIpc) is 2.66. The minimum atomic E-state index is -0.683. The SMILES string of the molecule is CCOc1cc(C2C(C(=O)OC)=CNC=C2C(=O)OC)cc(Br)c1OC. The summed E-state index contributed by atoms with van der Waals surface area (Å²) in [5.74, 6) is -0.774. The molecular formula is C18H20BrNO6. The van der Waals surface area contributed by atoms with Gasteiger partial charge in [0.15, 0.2) is 11.5 Å². The Morgan fingerprint density at radius 2 is 1.65 bits per heavy atom. The van der Waals surface area contributed by atoms with Crippen molar-refractivity contribution in [2.24, 2.45) is 0 Å². The zero-order chi connectivity index (χ0) is 19.3. The van der Waals surface area contributed by atoms with Crippen LogP contribution < -0.4 is 14.8 Å². The Bertz CT molecular complexity index is 739. The van der Waals surface area contributed by atoms with Gasteiger partial charge in [-0.15, -0.1) is 0 Å².